The van der Waals surface area contributed by atoms with Gasteiger partial charge in [-0.05, 0) is 49.1 Å². The molecular weight excluding hydrogens is 353 g/mol. The monoisotopic (exact) mass is 374 g/mol. The van der Waals surface area contributed by atoms with E-state index in [1.54, 1.807) is 19.1 Å². The maximum atomic E-state index is 13.6. The lowest BCUT2D eigenvalue weighted by molar-refractivity contribution is -0.112. The van der Waals surface area contributed by atoms with Gasteiger partial charge in [-0.1, -0.05) is 17.7 Å². The number of nitrogens with one attached hydrogen (secondary N) is 1. The molecule has 0 unspecified atom stereocenters. The summed E-state index contributed by atoms with van der Waals surface area (Å²) in [7, 11) is 0. The first-order valence-corrected chi connectivity index (χ1v) is 8.83. The lowest BCUT2D eigenvalue weighted by atomic mass is 10.0. The molecule has 1 fully saturated rings. The van der Waals surface area contributed by atoms with Gasteiger partial charge in [-0.15, -0.1) is 0 Å². The molecule has 3 rings (SSSR count). The lowest BCUT2D eigenvalue weighted by Gasteiger charge is -2.28. The Bertz CT molecular complexity index is 870. The first-order valence-electron chi connectivity index (χ1n) is 8.83. The van der Waals surface area contributed by atoms with E-state index in [1.807, 2.05) is 6.07 Å². The molecule has 0 bridgehead atoms. The molecule has 3 nitrogen and oxygen atoms in total. The molecule has 2 aromatic rings. The molecule has 6 heteroatoms. The highest BCUT2D eigenvalue weighted by molar-refractivity contribution is 5.99. The van der Waals surface area contributed by atoms with Crippen molar-refractivity contribution in [1.82, 2.24) is 4.90 Å². The second-order valence-corrected chi connectivity index (χ2v) is 6.78. The third-order valence-corrected chi connectivity index (χ3v) is 4.66. The van der Waals surface area contributed by atoms with Crippen LogP contribution in [0.2, 0.25) is 0 Å². The fourth-order valence-electron chi connectivity index (χ4n) is 3.07. The average Bonchev–Trinajstić information content (AvgIpc) is 2.63. The van der Waals surface area contributed by atoms with Crippen molar-refractivity contribution in [1.29, 1.82) is 0 Å². The number of hydrogen-bond donors (Lipinski definition) is 1. The highest BCUT2D eigenvalue weighted by atomic mass is 19.2. The predicted octanol–water partition coefficient (Wildman–Crippen LogP) is 4.57. The van der Waals surface area contributed by atoms with Gasteiger partial charge in [-0.3, -0.25) is 9.69 Å². The van der Waals surface area contributed by atoms with Gasteiger partial charge in [0.25, 0.3) is 0 Å². The Hall–Kier alpha value is -2.60. The number of aryl methyl sites for hydroxylation is 1. The zero-order chi connectivity index (χ0) is 19.4. The van der Waals surface area contributed by atoms with Crippen molar-refractivity contribution in [3.05, 3.63) is 76.6 Å². The number of carbonyl (C=O) groups is 1. The second kappa shape index (κ2) is 8.39. The zero-order valence-electron chi connectivity index (χ0n) is 15.1. The van der Waals surface area contributed by atoms with Gasteiger partial charge in [-0.2, -0.15) is 0 Å². The number of hydrogen-bond acceptors (Lipinski definition) is 2. The van der Waals surface area contributed by atoms with Gasteiger partial charge in [0, 0.05) is 37.5 Å². The van der Waals surface area contributed by atoms with Crippen LogP contribution in [0.1, 0.15) is 24.0 Å². The van der Waals surface area contributed by atoms with Crippen molar-refractivity contribution < 1.29 is 18.0 Å². The summed E-state index contributed by atoms with van der Waals surface area (Å²) in [6.45, 7) is 3.97. The molecule has 1 amide bonds. The van der Waals surface area contributed by atoms with Crippen LogP contribution in [0.15, 0.2) is 48.0 Å². The Morgan fingerprint density at radius 2 is 1.78 bits per heavy atom. The molecule has 1 aliphatic rings. The largest absolute Gasteiger partial charge is 0.322 e. The highest BCUT2D eigenvalue weighted by Crippen LogP contribution is 2.20. The van der Waals surface area contributed by atoms with E-state index >= 15 is 0 Å². The average molecular weight is 374 g/mol. The van der Waals surface area contributed by atoms with Gasteiger partial charge in [0.15, 0.2) is 11.6 Å². The van der Waals surface area contributed by atoms with E-state index in [0.29, 0.717) is 12.1 Å². The number of rotatable bonds is 4. The standard InChI is InChI=1S/C21H21F3N2O/c1-14-2-3-16(10-19(14)23)13-26-8-6-15(7-9-26)11-21(27)25-17-4-5-18(22)20(24)12-17/h2-5,10-12H,6-9,13H2,1H3,(H,25,27). The number of halogens is 3. The Morgan fingerprint density at radius 3 is 2.44 bits per heavy atom. The number of nitrogens with zero attached hydrogens (tertiary/aromatic N) is 1. The van der Waals surface area contributed by atoms with Crippen LogP contribution in [0.5, 0.6) is 0 Å². The molecule has 142 valence electrons. The molecule has 0 aliphatic carbocycles. The van der Waals surface area contributed by atoms with Crippen molar-refractivity contribution in [3.63, 3.8) is 0 Å². The van der Waals surface area contributed by atoms with Gasteiger partial charge < -0.3 is 5.32 Å². The van der Waals surface area contributed by atoms with Crippen LogP contribution in [0.25, 0.3) is 0 Å². The van der Waals surface area contributed by atoms with E-state index in [-0.39, 0.29) is 17.4 Å². The van der Waals surface area contributed by atoms with Crippen molar-refractivity contribution in [2.24, 2.45) is 0 Å². The lowest BCUT2D eigenvalue weighted by Crippen LogP contribution is -2.30. The van der Waals surface area contributed by atoms with Gasteiger partial charge in [0.1, 0.15) is 5.82 Å². The smallest absolute Gasteiger partial charge is 0.248 e. The number of piperidine rings is 1. The molecule has 0 aromatic heterocycles. The van der Waals surface area contributed by atoms with Crippen LogP contribution in [0, 0.1) is 24.4 Å². The first kappa shape index (κ1) is 19.2. The molecule has 0 spiro atoms. The zero-order valence-corrected chi connectivity index (χ0v) is 15.1. The molecular formula is C21H21F3N2O. The number of anilines is 1. The maximum absolute atomic E-state index is 13.6. The van der Waals surface area contributed by atoms with Gasteiger partial charge in [0.2, 0.25) is 5.91 Å². The summed E-state index contributed by atoms with van der Waals surface area (Å²) >= 11 is 0. The molecule has 0 atom stereocenters. The Morgan fingerprint density at radius 1 is 1.04 bits per heavy atom. The van der Waals surface area contributed by atoms with E-state index in [9.17, 15) is 18.0 Å². The summed E-state index contributed by atoms with van der Waals surface area (Å²) in [5.41, 5.74) is 2.78. The van der Waals surface area contributed by atoms with E-state index in [4.69, 9.17) is 0 Å². The molecule has 1 N–H and O–H groups in total. The van der Waals surface area contributed by atoms with Crippen LogP contribution >= 0.6 is 0 Å². The minimum absolute atomic E-state index is 0.195. The first-order chi connectivity index (χ1) is 12.9. The maximum Gasteiger partial charge on any atom is 0.248 e. The van der Waals surface area contributed by atoms with Crippen LogP contribution < -0.4 is 5.32 Å². The topological polar surface area (TPSA) is 32.3 Å². The van der Waals surface area contributed by atoms with Crippen molar-refractivity contribution >= 4 is 11.6 Å². The van der Waals surface area contributed by atoms with Crippen molar-refractivity contribution in [2.45, 2.75) is 26.3 Å². The Balaban J connectivity index is 1.52. The fourth-order valence-corrected chi connectivity index (χ4v) is 3.07. The summed E-state index contributed by atoms with van der Waals surface area (Å²) in [6, 6.07) is 8.52. The number of carbonyl (C=O) groups excluding carboxylic acids is 1. The number of benzene rings is 2. The van der Waals surface area contributed by atoms with E-state index < -0.39 is 11.6 Å². The summed E-state index contributed by atoms with van der Waals surface area (Å²) in [4.78, 5) is 14.3. The molecule has 0 saturated carbocycles. The van der Waals surface area contributed by atoms with Crippen LogP contribution in [-0.2, 0) is 11.3 Å². The predicted molar refractivity (Wildman–Crippen MR) is 98.7 cm³/mol. The van der Waals surface area contributed by atoms with Gasteiger partial charge in [-0.25, -0.2) is 13.2 Å². The van der Waals surface area contributed by atoms with Crippen molar-refractivity contribution in [3.8, 4) is 0 Å². The molecule has 2 aromatic carbocycles. The third-order valence-electron chi connectivity index (χ3n) is 4.66. The Kier molecular flexibility index (Phi) is 5.96. The van der Waals surface area contributed by atoms with Crippen LogP contribution in [-0.4, -0.2) is 23.9 Å². The van der Waals surface area contributed by atoms with Crippen LogP contribution in [0.3, 0.4) is 0 Å². The van der Waals surface area contributed by atoms with Gasteiger partial charge >= 0.3 is 0 Å². The summed E-state index contributed by atoms with van der Waals surface area (Å²) in [5, 5.41) is 2.54. The van der Waals surface area contributed by atoms with Crippen LogP contribution in [0.4, 0.5) is 18.9 Å². The summed E-state index contributed by atoms with van der Waals surface area (Å²) < 4.78 is 39.8. The summed E-state index contributed by atoms with van der Waals surface area (Å²) in [5.74, 6) is -2.50. The van der Waals surface area contributed by atoms with E-state index in [1.165, 1.54) is 12.1 Å². The molecule has 0 radical (unpaired) electrons. The van der Waals surface area contributed by atoms with E-state index in [0.717, 1.165) is 49.2 Å². The fraction of sp³-hybridized carbons (Fsp3) is 0.286. The highest BCUT2D eigenvalue weighted by Gasteiger charge is 2.16. The normalized spacial score (nSPS) is 14.9. The Labute approximate surface area is 156 Å². The SMILES string of the molecule is Cc1ccc(CN2CCC(=CC(=O)Nc3ccc(F)c(F)c3)CC2)cc1F. The minimum atomic E-state index is -0.999. The third kappa shape index (κ3) is 5.20. The number of amides is 1. The molecule has 1 aliphatic heterocycles. The van der Waals surface area contributed by atoms with Crippen molar-refractivity contribution in [2.75, 3.05) is 18.4 Å². The molecule has 27 heavy (non-hydrogen) atoms. The number of likely N-dealkylation sites (tertiary alicyclic amines) is 1. The molecule has 1 heterocycles. The van der Waals surface area contributed by atoms with Gasteiger partial charge in [0.05, 0.1) is 0 Å². The molecule has 1 saturated heterocycles. The summed E-state index contributed by atoms with van der Waals surface area (Å²) in [6.07, 6.45) is 2.99. The second-order valence-electron chi connectivity index (χ2n) is 6.78. The quantitative estimate of drug-likeness (QED) is 0.795. The van der Waals surface area contributed by atoms with E-state index in [2.05, 4.69) is 10.2 Å². The minimum Gasteiger partial charge on any atom is -0.322 e.